The summed E-state index contributed by atoms with van der Waals surface area (Å²) < 4.78 is 5.27. The van der Waals surface area contributed by atoms with E-state index in [1.54, 1.807) is 7.11 Å². The first-order valence-electron chi connectivity index (χ1n) is 6.03. The Morgan fingerprint density at radius 3 is 2.65 bits per heavy atom. The van der Waals surface area contributed by atoms with Crippen LogP contribution in [0.2, 0.25) is 0 Å². The molecule has 0 aliphatic heterocycles. The smallest absolute Gasteiger partial charge is 0.255 e. The number of ether oxygens (including phenoxy) is 1. The molecular weight excluding hydrogens is 214 g/mol. The summed E-state index contributed by atoms with van der Waals surface area (Å²) in [5, 5.41) is 2.92. The van der Waals surface area contributed by atoms with Crippen LogP contribution in [0, 0.1) is 13.8 Å². The number of benzene rings is 1. The molecule has 0 saturated heterocycles. The van der Waals surface area contributed by atoms with Crippen LogP contribution in [0.4, 0.5) is 0 Å². The van der Waals surface area contributed by atoms with Gasteiger partial charge in [-0.1, -0.05) is 19.4 Å². The summed E-state index contributed by atoms with van der Waals surface area (Å²) in [5.41, 5.74) is 2.70. The molecule has 0 unspecified atom stereocenters. The molecule has 0 radical (unpaired) electrons. The number of aryl methyl sites for hydroxylation is 2. The molecule has 0 fully saturated rings. The van der Waals surface area contributed by atoms with Gasteiger partial charge in [-0.2, -0.15) is 0 Å². The second-order valence-electron chi connectivity index (χ2n) is 4.27. The van der Waals surface area contributed by atoms with Gasteiger partial charge in [0.2, 0.25) is 0 Å². The molecule has 0 spiro atoms. The van der Waals surface area contributed by atoms with Gasteiger partial charge in [0.1, 0.15) is 5.75 Å². The minimum Gasteiger partial charge on any atom is -0.496 e. The summed E-state index contributed by atoms with van der Waals surface area (Å²) in [6.07, 6.45) is 2.07. The maximum Gasteiger partial charge on any atom is 0.255 e. The Kier molecular flexibility index (Phi) is 5.01. The van der Waals surface area contributed by atoms with Gasteiger partial charge >= 0.3 is 0 Å². The van der Waals surface area contributed by atoms with Gasteiger partial charge in [-0.15, -0.1) is 0 Å². The standard InChI is InChI=1S/C14H21NO2/c1-5-6-7-15-14(16)13-11(3)8-10(2)9-12(13)17-4/h8-9H,5-7H2,1-4H3,(H,15,16). The van der Waals surface area contributed by atoms with Crippen molar-refractivity contribution in [2.45, 2.75) is 33.6 Å². The van der Waals surface area contributed by atoms with Crippen LogP contribution in [0.15, 0.2) is 12.1 Å². The van der Waals surface area contributed by atoms with E-state index in [4.69, 9.17) is 4.74 Å². The van der Waals surface area contributed by atoms with Gasteiger partial charge in [0.15, 0.2) is 0 Å². The number of rotatable bonds is 5. The summed E-state index contributed by atoms with van der Waals surface area (Å²) in [7, 11) is 1.59. The van der Waals surface area contributed by atoms with Gasteiger partial charge in [-0.25, -0.2) is 0 Å². The van der Waals surface area contributed by atoms with Gasteiger partial charge < -0.3 is 10.1 Å². The molecule has 3 heteroatoms. The fourth-order valence-corrected chi connectivity index (χ4v) is 1.85. The molecule has 0 heterocycles. The molecule has 1 aromatic carbocycles. The van der Waals surface area contributed by atoms with Gasteiger partial charge in [-0.05, 0) is 37.5 Å². The number of hydrogen-bond acceptors (Lipinski definition) is 2. The lowest BCUT2D eigenvalue weighted by molar-refractivity contribution is 0.0949. The highest BCUT2D eigenvalue weighted by Crippen LogP contribution is 2.23. The molecule has 17 heavy (non-hydrogen) atoms. The Hall–Kier alpha value is -1.51. The topological polar surface area (TPSA) is 38.3 Å². The van der Waals surface area contributed by atoms with Gasteiger partial charge in [0.25, 0.3) is 5.91 Å². The zero-order valence-corrected chi connectivity index (χ0v) is 11.1. The number of unbranched alkanes of at least 4 members (excludes halogenated alkanes) is 1. The molecule has 0 atom stereocenters. The molecule has 0 aliphatic carbocycles. The maximum atomic E-state index is 12.0. The largest absolute Gasteiger partial charge is 0.496 e. The molecule has 0 bridgehead atoms. The van der Waals surface area contributed by atoms with Crippen LogP contribution in [0.25, 0.3) is 0 Å². The van der Waals surface area contributed by atoms with Crippen LogP contribution in [0.1, 0.15) is 41.3 Å². The molecule has 94 valence electrons. The van der Waals surface area contributed by atoms with E-state index in [0.29, 0.717) is 17.9 Å². The Balaban J connectivity index is 2.92. The van der Waals surface area contributed by atoms with Crippen LogP contribution in [0.5, 0.6) is 5.75 Å². The number of nitrogens with one attached hydrogen (secondary N) is 1. The highest BCUT2D eigenvalue weighted by atomic mass is 16.5. The van der Waals surface area contributed by atoms with Gasteiger partial charge in [-0.3, -0.25) is 4.79 Å². The molecule has 0 aliphatic rings. The van der Waals surface area contributed by atoms with Crippen LogP contribution in [0.3, 0.4) is 0 Å². The third-order valence-electron chi connectivity index (χ3n) is 2.71. The maximum absolute atomic E-state index is 12.0. The van der Waals surface area contributed by atoms with E-state index in [9.17, 15) is 4.79 Å². The van der Waals surface area contributed by atoms with E-state index >= 15 is 0 Å². The molecule has 1 amide bonds. The fourth-order valence-electron chi connectivity index (χ4n) is 1.85. The fraction of sp³-hybridized carbons (Fsp3) is 0.500. The minimum absolute atomic E-state index is 0.0483. The molecule has 0 aromatic heterocycles. The zero-order chi connectivity index (χ0) is 12.8. The van der Waals surface area contributed by atoms with E-state index in [2.05, 4.69) is 12.2 Å². The summed E-state index contributed by atoms with van der Waals surface area (Å²) in [5.74, 6) is 0.601. The minimum atomic E-state index is -0.0483. The molecular formula is C14H21NO2. The normalized spacial score (nSPS) is 10.1. The van der Waals surface area contributed by atoms with Crippen molar-refractivity contribution in [2.24, 2.45) is 0 Å². The Morgan fingerprint density at radius 1 is 1.35 bits per heavy atom. The molecule has 1 aromatic rings. The highest BCUT2D eigenvalue weighted by Gasteiger charge is 2.15. The summed E-state index contributed by atoms with van der Waals surface area (Å²) in [6.45, 7) is 6.74. The van der Waals surface area contributed by atoms with Crippen LogP contribution in [-0.2, 0) is 0 Å². The van der Waals surface area contributed by atoms with E-state index in [1.165, 1.54) is 0 Å². The second kappa shape index (κ2) is 6.28. The summed E-state index contributed by atoms with van der Waals surface area (Å²) in [4.78, 5) is 12.0. The third kappa shape index (κ3) is 3.48. The van der Waals surface area contributed by atoms with Crippen molar-refractivity contribution in [1.29, 1.82) is 0 Å². The number of methoxy groups -OCH3 is 1. The monoisotopic (exact) mass is 235 g/mol. The lowest BCUT2D eigenvalue weighted by Crippen LogP contribution is -2.25. The van der Waals surface area contributed by atoms with Crippen LogP contribution >= 0.6 is 0 Å². The Labute approximate surface area is 103 Å². The number of carbonyl (C=O) groups is 1. The van der Waals surface area contributed by atoms with Crippen molar-refractivity contribution in [3.8, 4) is 5.75 Å². The molecule has 3 nitrogen and oxygen atoms in total. The third-order valence-corrected chi connectivity index (χ3v) is 2.71. The predicted octanol–water partition coefficient (Wildman–Crippen LogP) is 2.84. The van der Waals surface area contributed by atoms with Crippen molar-refractivity contribution in [1.82, 2.24) is 5.32 Å². The van der Waals surface area contributed by atoms with Crippen molar-refractivity contribution in [2.75, 3.05) is 13.7 Å². The van der Waals surface area contributed by atoms with E-state index < -0.39 is 0 Å². The zero-order valence-electron chi connectivity index (χ0n) is 11.1. The highest BCUT2D eigenvalue weighted by molar-refractivity contribution is 5.98. The first kappa shape index (κ1) is 13.6. The summed E-state index contributed by atoms with van der Waals surface area (Å²) >= 11 is 0. The number of carbonyl (C=O) groups excluding carboxylic acids is 1. The molecule has 1 N–H and O–H groups in total. The SMILES string of the molecule is CCCCNC(=O)c1c(C)cc(C)cc1OC. The van der Waals surface area contributed by atoms with E-state index in [0.717, 1.165) is 24.0 Å². The van der Waals surface area contributed by atoms with E-state index in [-0.39, 0.29) is 5.91 Å². The Morgan fingerprint density at radius 2 is 2.06 bits per heavy atom. The van der Waals surface area contributed by atoms with Crippen molar-refractivity contribution in [3.05, 3.63) is 28.8 Å². The van der Waals surface area contributed by atoms with Crippen molar-refractivity contribution >= 4 is 5.91 Å². The van der Waals surface area contributed by atoms with Gasteiger partial charge in [0, 0.05) is 6.54 Å². The molecule has 1 rings (SSSR count). The Bertz CT molecular complexity index is 399. The average molecular weight is 235 g/mol. The number of amides is 1. The van der Waals surface area contributed by atoms with Gasteiger partial charge in [0.05, 0.1) is 12.7 Å². The van der Waals surface area contributed by atoms with Crippen LogP contribution < -0.4 is 10.1 Å². The first-order chi connectivity index (χ1) is 8.10. The quantitative estimate of drug-likeness (QED) is 0.797. The van der Waals surface area contributed by atoms with Crippen molar-refractivity contribution in [3.63, 3.8) is 0 Å². The summed E-state index contributed by atoms with van der Waals surface area (Å²) in [6, 6.07) is 3.89. The van der Waals surface area contributed by atoms with E-state index in [1.807, 2.05) is 26.0 Å². The lowest BCUT2D eigenvalue weighted by Gasteiger charge is -2.12. The number of hydrogen-bond donors (Lipinski definition) is 1. The first-order valence-corrected chi connectivity index (χ1v) is 6.03. The van der Waals surface area contributed by atoms with Crippen molar-refractivity contribution < 1.29 is 9.53 Å². The van der Waals surface area contributed by atoms with Crippen LogP contribution in [-0.4, -0.2) is 19.6 Å². The molecule has 0 saturated carbocycles. The second-order valence-corrected chi connectivity index (χ2v) is 4.27. The lowest BCUT2D eigenvalue weighted by atomic mass is 10.0. The predicted molar refractivity (Wildman–Crippen MR) is 69.7 cm³/mol. The average Bonchev–Trinajstić information content (AvgIpc) is 2.27.